The Morgan fingerprint density at radius 1 is 1.32 bits per heavy atom. The molecule has 1 saturated carbocycles. The molecule has 2 aromatic heterocycles. The van der Waals surface area contributed by atoms with Gasteiger partial charge in [0.15, 0.2) is 0 Å². The van der Waals surface area contributed by atoms with Gasteiger partial charge in [0.2, 0.25) is 0 Å². The Morgan fingerprint density at radius 2 is 2.06 bits per heavy atom. The van der Waals surface area contributed by atoms with Crippen LogP contribution < -0.4 is 5.32 Å². The third-order valence-electron chi connectivity index (χ3n) is 5.88. The summed E-state index contributed by atoms with van der Waals surface area (Å²) < 4.78 is 7.47. The maximum atomic E-state index is 12.9. The number of ether oxygens (including phenoxy) is 1. The zero-order valence-electron chi connectivity index (χ0n) is 18.2. The van der Waals surface area contributed by atoms with Crippen LogP contribution in [0.15, 0.2) is 11.6 Å². The fourth-order valence-corrected chi connectivity index (χ4v) is 5.65. The van der Waals surface area contributed by atoms with E-state index in [4.69, 9.17) is 4.74 Å². The van der Waals surface area contributed by atoms with Crippen molar-refractivity contribution in [1.82, 2.24) is 9.88 Å². The second kappa shape index (κ2) is 8.72. The van der Waals surface area contributed by atoms with Crippen molar-refractivity contribution >= 4 is 29.3 Å². The smallest absolute Gasteiger partial charge is 0.341 e. The molecule has 0 spiro atoms. The lowest BCUT2D eigenvalue weighted by molar-refractivity contribution is -0.117. The fraction of sp³-hybridized carbons (Fsp3) is 0.458. The van der Waals surface area contributed by atoms with Gasteiger partial charge in [-0.3, -0.25) is 4.79 Å². The predicted molar refractivity (Wildman–Crippen MR) is 120 cm³/mol. The summed E-state index contributed by atoms with van der Waals surface area (Å²) in [5, 5.41) is 13.3. The van der Waals surface area contributed by atoms with Crippen molar-refractivity contribution in [3.05, 3.63) is 44.6 Å². The van der Waals surface area contributed by atoms with Gasteiger partial charge in [0.05, 0.1) is 12.2 Å². The molecular weight excluding hydrogens is 410 g/mol. The lowest BCUT2D eigenvalue weighted by Gasteiger charge is -2.13. The van der Waals surface area contributed by atoms with Crippen LogP contribution in [0.4, 0.5) is 0 Å². The van der Waals surface area contributed by atoms with E-state index < -0.39 is 0 Å². The fourth-order valence-electron chi connectivity index (χ4n) is 4.16. The van der Waals surface area contributed by atoms with Crippen LogP contribution >= 0.6 is 11.3 Å². The van der Waals surface area contributed by atoms with Crippen molar-refractivity contribution in [2.45, 2.75) is 65.3 Å². The molecule has 1 fully saturated rings. The molecule has 31 heavy (non-hydrogen) atoms. The van der Waals surface area contributed by atoms with Gasteiger partial charge in [-0.05, 0) is 82.6 Å². The second-order valence-corrected chi connectivity index (χ2v) is 9.27. The van der Waals surface area contributed by atoms with Crippen molar-refractivity contribution in [3.63, 3.8) is 0 Å². The first-order valence-corrected chi connectivity index (χ1v) is 11.7. The number of nitrogens with one attached hydrogen (secondary N) is 1. The molecule has 162 valence electrons. The number of thiophene rings is 1. The quantitative estimate of drug-likeness (QED) is 0.412. The number of hydrogen-bond acceptors (Lipinski definition) is 5. The Kier molecular flexibility index (Phi) is 6.01. The van der Waals surface area contributed by atoms with Gasteiger partial charge < -0.3 is 14.6 Å². The number of nitriles is 1. The average molecular weight is 438 g/mol. The van der Waals surface area contributed by atoms with Gasteiger partial charge in [0.1, 0.15) is 16.6 Å². The molecule has 2 aromatic rings. The molecule has 7 heteroatoms. The van der Waals surface area contributed by atoms with E-state index in [1.54, 1.807) is 17.4 Å². The highest BCUT2D eigenvalue weighted by molar-refractivity contribution is 7.15. The predicted octanol–water partition coefficient (Wildman–Crippen LogP) is 4.40. The molecule has 6 nitrogen and oxygen atoms in total. The average Bonchev–Trinajstić information content (AvgIpc) is 3.40. The third kappa shape index (κ3) is 4.17. The van der Waals surface area contributed by atoms with Crippen LogP contribution in [0.2, 0.25) is 0 Å². The summed E-state index contributed by atoms with van der Waals surface area (Å²) in [6.45, 7) is 6.10. The highest BCUT2D eigenvalue weighted by atomic mass is 32.1. The largest absolute Gasteiger partial charge is 0.462 e. The molecule has 2 aliphatic rings. The number of carbonyl (C=O) groups excluding carboxylic acids is 2. The molecule has 1 N–H and O–H groups in total. The van der Waals surface area contributed by atoms with E-state index in [1.807, 2.05) is 32.9 Å². The third-order valence-corrected chi connectivity index (χ3v) is 7.16. The molecular formula is C24H27N3O3S. The van der Waals surface area contributed by atoms with E-state index in [0.717, 1.165) is 66.0 Å². The minimum Gasteiger partial charge on any atom is -0.462 e. The zero-order chi connectivity index (χ0) is 22.1. The van der Waals surface area contributed by atoms with E-state index in [-0.39, 0.29) is 23.5 Å². The van der Waals surface area contributed by atoms with Crippen LogP contribution in [0.1, 0.15) is 70.4 Å². The number of esters is 1. The molecule has 1 amide bonds. The van der Waals surface area contributed by atoms with Crippen LogP contribution in [-0.4, -0.2) is 29.1 Å². The monoisotopic (exact) mass is 437 g/mol. The van der Waals surface area contributed by atoms with E-state index >= 15 is 0 Å². The number of aromatic nitrogens is 1. The first-order valence-electron chi connectivity index (χ1n) is 10.9. The summed E-state index contributed by atoms with van der Waals surface area (Å²) in [5.74, 6) is -0.600. The maximum Gasteiger partial charge on any atom is 0.341 e. The first kappa shape index (κ1) is 21.4. The Balaban J connectivity index is 1.78. The van der Waals surface area contributed by atoms with Gasteiger partial charge >= 0.3 is 5.97 Å². The Hall–Kier alpha value is -2.85. The van der Waals surface area contributed by atoms with Gasteiger partial charge in [0.25, 0.3) is 5.91 Å². The molecule has 0 aromatic carbocycles. The summed E-state index contributed by atoms with van der Waals surface area (Å²) in [5.41, 5.74) is 4.55. The van der Waals surface area contributed by atoms with E-state index in [2.05, 4.69) is 9.88 Å². The molecule has 4 rings (SSSR count). The van der Waals surface area contributed by atoms with Gasteiger partial charge in [-0.25, -0.2) is 4.79 Å². The summed E-state index contributed by atoms with van der Waals surface area (Å²) in [7, 11) is 0. The van der Waals surface area contributed by atoms with Crippen LogP contribution in [0, 0.1) is 25.2 Å². The van der Waals surface area contributed by atoms with Gasteiger partial charge in [0, 0.05) is 22.3 Å². The Morgan fingerprint density at radius 3 is 2.74 bits per heavy atom. The van der Waals surface area contributed by atoms with Crippen LogP contribution in [0.25, 0.3) is 11.1 Å². The topological polar surface area (TPSA) is 84.1 Å². The van der Waals surface area contributed by atoms with E-state index in [9.17, 15) is 14.9 Å². The second-order valence-electron chi connectivity index (χ2n) is 8.19. The minimum absolute atomic E-state index is 0.100. The van der Waals surface area contributed by atoms with E-state index in [0.29, 0.717) is 12.2 Å². The minimum atomic E-state index is -0.325. The first-order chi connectivity index (χ1) is 14.9. The molecule has 0 bridgehead atoms. The molecule has 0 saturated heterocycles. The summed E-state index contributed by atoms with van der Waals surface area (Å²) in [4.78, 5) is 26.5. The number of nitrogens with zero attached hydrogens (tertiary/aromatic N) is 2. The maximum absolute atomic E-state index is 12.9. The molecule has 2 aliphatic carbocycles. The number of rotatable bonds is 6. The molecule has 0 radical (unpaired) electrons. The lowest BCUT2D eigenvalue weighted by Crippen LogP contribution is -2.26. The summed E-state index contributed by atoms with van der Waals surface area (Å²) >= 11 is 1.66. The Bertz CT molecular complexity index is 1110. The zero-order valence-corrected chi connectivity index (χ0v) is 19.0. The summed E-state index contributed by atoms with van der Waals surface area (Å²) in [6, 6.07) is 4.19. The Labute approximate surface area is 186 Å². The van der Waals surface area contributed by atoms with E-state index in [1.165, 1.54) is 4.88 Å². The standard InChI is InChI=1S/C24H27N3O3S/c1-4-30-24(29)21-19-7-5-6-8-20(19)31-23(21)27-14(2)11-16(15(27)3)12-17(13-25)22(28)26-18-9-10-18/h11-12,18H,4-10H2,1-3H3,(H,26,28)/b17-12+. The van der Waals surface area contributed by atoms with Crippen molar-refractivity contribution in [3.8, 4) is 11.1 Å². The highest BCUT2D eigenvalue weighted by Crippen LogP contribution is 2.39. The number of aryl methyl sites for hydroxylation is 2. The highest BCUT2D eigenvalue weighted by Gasteiger charge is 2.29. The summed E-state index contributed by atoms with van der Waals surface area (Å²) in [6.07, 6.45) is 7.68. The molecule has 0 unspecified atom stereocenters. The van der Waals surface area contributed by atoms with Crippen molar-refractivity contribution in [2.24, 2.45) is 0 Å². The molecule has 0 aliphatic heterocycles. The normalized spacial score (nSPS) is 15.9. The van der Waals surface area contributed by atoms with Crippen molar-refractivity contribution in [1.29, 1.82) is 5.26 Å². The van der Waals surface area contributed by atoms with Gasteiger partial charge in [-0.15, -0.1) is 11.3 Å². The van der Waals surface area contributed by atoms with Crippen LogP contribution in [-0.2, 0) is 22.4 Å². The number of fused-ring (bicyclic) bond motifs is 1. The SMILES string of the molecule is CCOC(=O)c1c(-n2c(C)cc(/C=C(\C#N)C(=O)NC3CC3)c2C)sc2c1CCCC2. The molecule has 2 heterocycles. The number of amides is 1. The van der Waals surface area contributed by atoms with Crippen molar-refractivity contribution < 1.29 is 14.3 Å². The number of carbonyl (C=O) groups is 2. The van der Waals surface area contributed by atoms with Crippen molar-refractivity contribution in [2.75, 3.05) is 6.61 Å². The molecule has 0 atom stereocenters. The van der Waals surface area contributed by atoms with Gasteiger partial charge in [-0.2, -0.15) is 5.26 Å². The van der Waals surface area contributed by atoms with Crippen LogP contribution in [0.5, 0.6) is 0 Å². The number of hydrogen-bond donors (Lipinski definition) is 1. The van der Waals surface area contributed by atoms with Crippen LogP contribution in [0.3, 0.4) is 0 Å². The lowest BCUT2D eigenvalue weighted by atomic mass is 9.95. The van der Waals surface area contributed by atoms with Gasteiger partial charge in [-0.1, -0.05) is 0 Å².